The molecule has 106 valence electrons. The van der Waals surface area contributed by atoms with Gasteiger partial charge in [-0.1, -0.05) is 24.4 Å². The fraction of sp³-hybridized carbons (Fsp3) is 0.714. The summed E-state index contributed by atoms with van der Waals surface area (Å²) in [6, 6.07) is 2.37. The maximum absolute atomic E-state index is 6.10. The first-order chi connectivity index (χ1) is 9.20. The molecule has 1 unspecified atom stereocenters. The Labute approximate surface area is 120 Å². The average molecular weight is 284 g/mol. The third kappa shape index (κ3) is 4.05. The van der Waals surface area contributed by atoms with Gasteiger partial charge in [0.1, 0.15) is 17.6 Å². The van der Waals surface area contributed by atoms with Crippen LogP contribution in [0.5, 0.6) is 0 Å². The molecule has 1 aliphatic rings. The van der Waals surface area contributed by atoms with E-state index in [-0.39, 0.29) is 0 Å². The summed E-state index contributed by atoms with van der Waals surface area (Å²) in [6.07, 6.45) is 5.02. The van der Waals surface area contributed by atoms with Gasteiger partial charge in [0.15, 0.2) is 5.82 Å². The lowest BCUT2D eigenvalue weighted by atomic mass is 10.1. The summed E-state index contributed by atoms with van der Waals surface area (Å²) in [4.78, 5) is 11.2. The molecule has 0 aliphatic carbocycles. The Hall–Kier alpha value is -0.870. The molecule has 1 aromatic rings. The first-order valence-electron chi connectivity index (χ1n) is 7.08. The van der Waals surface area contributed by atoms with Crippen molar-refractivity contribution in [2.75, 3.05) is 18.1 Å². The van der Waals surface area contributed by atoms with Crippen LogP contribution in [0.25, 0.3) is 0 Å². The Morgan fingerprint density at radius 3 is 3.00 bits per heavy atom. The highest BCUT2D eigenvalue weighted by molar-refractivity contribution is 6.29. The van der Waals surface area contributed by atoms with E-state index in [1.807, 2.05) is 13.0 Å². The van der Waals surface area contributed by atoms with E-state index in [0.29, 0.717) is 30.2 Å². The van der Waals surface area contributed by atoms with E-state index < -0.39 is 0 Å². The molecule has 0 bridgehead atoms. The second kappa shape index (κ2) is 7.06. The lowest BCUT2D eigenvalue weighted by Crippen LogP contribution is -2.33. The second-order valence-electron chi connectivity index (χ2n) is 4.99. The molecule has 0 N–H and O–H groups in total. The van der Waals surface area contributed by atoms with E-state index >= 15 is 0 Å². The fourth-order valence-electron chi connectivity index (χ4n) is 2.47. The number of aromatic nitrogens is 2. The van der Waals surface area contributed by atoms with Crippen molar-refractivity contribution >= 4 is 17.4 Å². The normalized spacial score (nSPS) is 20.4. The first-order valence-corrected chi connectivity index (χ1v) is 7.46. The van der Waals surface area contributed by atoms with Crippen LogP contribution in [0.1, 0.15) is 45.4 Å². The van der Waals surface area contributed by atoms with Crippen LogP contribution in [0.15, 0.2) is 6.07 Å². The summed E-state index contributed by atoms with van der Waals surface area (Å²) in [5.74, 6) is 1.60. The molecule has 0 spiro atoms. The highest BCUT2D eigenvalue weighted by Gasteiger charge is 2.19. The number of halogens is 1. The number of nitrogens with zero attached hydrogens (tertiary/aromatic N) is 3. The van der Waals surface area contributed by atoms with Gasteiger partial charge in [-0.05, 0) is 26.7 Å². The predicted molar refractivity (Wildman–Crippen MR) is 77.6 cm³/mol. The summed E-state index contributed by atoms with van der Waals surface area (Å²) in [6.45, 7) is 6.34. The molecule has 1 aromatic heterocycles. The molecular formula is C14H22ClN3O. The minimum atomic E-state index is 0.423. The third-order valence-electron chi connectivity index (χ3n) is 3.51. The van der Waals surface area contributed by atoms with Crippen LogP contribution in [-0.4, -0.2) is 29.2 Å². The van der Waals surface area contributed by atoms with Crippen LogP contribution >= 0.6 is 11.6 Å². The molecule has 1 aliphatic heterocycles. The molecule has 1 fully saturated rings. The lowest BCUT2D eigenvalue weighted by Gasteiger charge is -2.28. The maximum Gasteiger partial charge on any atom is 0.158 e. The van der Waals surface area contributed by atoms with Gasteiger partial charge in [-0.3, -0.25) is 0 Å². The smallest absolute Gasteiger partial charge is 0.158 e. The molecule has 4 nitrogen and oxygen atoms in total. The molecule has 0 aromatic carbocycles. The van der Waals surface area contributed by atoms with Gasteiger partial charge in [-0.25, -0.2) is 9.97 Å². The van der Waals surface area contributed by atoms with E-state index in [4.69, 9.17) is 16.3 Å². The number of hydrogen-bond acceptors (Lipinski definition) is 4. The van der Waals surface area contributed by atoms with Crippen molar-refractivity contribution in [3.05, 3.63) is 17.0 Å². The van der Waals surface area contributed by atoms with Crippen molar-refractivity contribution in [2.24, 2.45) is 0 Å². The molecule has 2 heterocycles. The van der Waals surface area contributed by atoms with E-state index in [1.165, 1.54) is 25.7 Å². The highest BCUT2D eigenvalue weighted by Crippen LogP contribution is 2.24. The fourth-order valence-corrected chi connectivity index (χ4v) is 2.67. The van der Waals surface area contributed by atoms with Crippen LogP contribution in [0.4, 0.5) is 5.82 Å². The van der Waals surface area contributed by atoms with Crippen LogP contribution in [0.3, 0.4) is 0 Å². The van der Waals surface area contributed by atoms with Crippen molar-refractivity contribution in [3.8, 4) is 0 Å². The van der Waals surface area contributed by atoms with Crippen LogP contribution < -0.4 is 4.90 Å². The third-order valence-corrected chi connectivity index (χ3v) is 3.70. The topological polar surface area (TPSA) is 38.2 Å². The molecule has 1 atom stereocenters. The van der Waals surface area contributed by atoms with Gasteiger partial charge in [0, 0.05) is 25.3 Å². The number of rotatable bonds is 4. The monoisotopic (exact) mass is 283 g/mol. The summed E-state index contributed by atoms with van der Waals surface area (Å²) in [5.41, 5.74) is 0. The Morgan fingerprint density at radius 2 is 2.21 bits per heavy atom. The van der Waals surface area contributed by atoms with Gasteiger partial charge in [0.25, 0.3) is 0 Å². The van der Waals surface area contributed by atoms with Crippen molar-refractivity contribution in [1.82, 2.24) is 9.97 Å². The first kappa shape index (κ1) is 14.5. The van der Waals surface area contributed by atoms with Gasteiger partial charge in [-0.2, -0.15) is 0 Å². The van der Waals surface area contributed by atoms with E-state index in [2.05, 4.69) is 21.8 Å². The Morgan fingerprint density at radius 1 is 1.37 bits per heavy atom. The standard InChI is InChI=1S/C14H22ClN3O/c1-3-19-10-13-16-12(15)9-14(17-13)18-8-6-4-5-7-11(18)2/h9,11H,3-8,10H2,1-2H3. The predicted octanol–water partition coefficient (Wildman–Crippen LogP) is 3.44. The zero-order valence-corrected chi connectivity index (χ0v) is 12.5. The number of anilines is 1. The van der Waals surface area contributed by atoms with Gasteiger partial charge in [0.05, 0.1) is 0 Å². The highest BCUT2D eigenvalue weighted by atomic mass is 35.5. The quantitative estimate of drug-likeness (QED) is 0.794. The van der Waals surface area contributed by atoms with Crippen LogP contribution in [-0.2, 0) is 11.3 Å². The summed E-state index contributed by atoms with van der Waals surface area (Å²) in [5, 5.41) is 0.496. The van der Waals surface area contributed by atoms with E-state index in [9.17, 15) is 0 Å². The van der Waals surface area contributed by atoms with E-state index in [1.54, 1.807) is 0 Å². The van der Waals surface area contributed by atoms with Crippen molar-refractivity contribution in [1.29, 1.82) is 0 Å². The lowest BCUT2D eigenvalue weighted by molar-refractivity contribution is 0.128. The van der Waals surface area contributed by atoms with Gasteiger partial charge < -0.3 is 9.64 Å². The second-order valence-corrected chi connectivity index (χ2v) is 5.38. The molecule has 5 heteroatoms. The number of hydrogen-bond donors (Lipinski definition) is 0. The van der Waals surface area contributed by atoms with Crippen molar-refractivity contribution in [2.45, 2.75) is 52.2 Å². The molecule has 1 saturated heterocycles. The summed E-state index contributed by atoms with van der Waals surface area (Å²) >= 11 is 6.10. The maximum atomic E-state index is 6.10. The Kier molecular flexibility index (Phi) is 5.40. The Bertz CT molecular complexity index is 414. The largest absolute Gasteiger partial charge is 0.374 e. The van der Waals surface area contributed by atoms with Gasteiger partial charge in [-0.15, -0.1) is 0 Å². The van der Waals surface area contributed by atoms with Crippen LogP contribution in [0, 0.1) is 0 Å². The molecular weight excluding hydrogens is 262 g/mol. The zero-order chi connectivity index (χ0) is 13.7. The molecule has 0 amide bonds. The average Bonchev–Trinajstić information content (AvgIpc) is 2.60. The zero-order valence-electron chi connectivity index (χ0n) is 11.7. The Balaban J connectivity index is 2.19. The molecule has 2 rings (SSSR count). The summed E-state index contributed by atoms with van der Waals surface area (Å²) in [7, 11) is 0. The van der Waals surface area contributed by atoms with Gasteiger partial charge in [0.2, 0.25) is 0 Å². The minimum absolute atomic E-state index is 0.423. The molecule has 0 saturated carbocycles. The molecule has 0 radical (unpaired) electrons. The van der Waals surface area contributed by atoms with E-state index in [0.717, 1.165) is 12.4 Å². The SMILES string of the molecule is CCOCc1nc(Cl)cc(N2CCCCCC2C)n1. The van der Waals surface area contributed by atoms with Crippen molar-refractivity contribution in [3.63, 3.8) is 0 Å². The van der Waals surface area contributed by atoms with Crippen LogP contribution in [0.2, 0.25) is 5.15 Å². The minimum Gasteiger partial charge on any atom is -0.374 e. The summed E-state index contributed by atoms with van der Waals surface area (Å²) < 4.78 is 5.37. The number of ether oxygens (including phenoxy) is 1. The van der Waals surface area contributed by atoms with Gasteiger partial charge >= 0.3 is 0 Å². The molecule has 19 heavy (non-hydrogen) atoms. The van der Waals surface area contributed by atoms with Crippen molar-refractivity contribution < 1.29 is 4.74 Å².